The molecule has 0 unspecified atom stereocenters. The minimum absolute atomic E-state index is 0.0857. The normalized spacial score (nSPS) is 28.2. The Morgan fingerprint density at radius 3 is 2.46 bits per heavy atom. The number of allylic oxidation sites excluding steroid dienone is 1. The first-order chi connectivity index (χ1) is 22.1. The van der Waals surface area contributed by atoms with E-state index in [1.54, 1.807) is 18.0 Å². The molecular formula is C34H40N4O7S. The molecule has 3 N–H and O–H groups in total. The number of nitrogens with one attached hydrogen (secondary N) is 3. The maximum atomic E-state index is 13.9. The second-order valence-electron chi connectivity index (χ2n) is 12.9. The Balaban J connectivity index is 1.20. The van der Waals surface area contributed by atoms with Gasteiger partial charge in [-0.25, -0.2) is 13.2 Å². The fraction of sp³-hybridized carbons (Fsp3) is 0.471. The van der Waals surface area contributed by atoms with Crippen LogP contribution in [0.1, 0.15) is 51.4 Å². The van der Waals surface area contributed by atoms with Crippen LogP contribution in [0.4, 0.5) is 10.5 Å². The number of nitrogens with zero attached hydrogens (tertiary/aromatic N) is 1. The Kier molecular flexibility index (Phi) is 8.91. The summed E-state index contributed by atoms with van der Waals surface area (Å²) in [6.07, 6.45) is 6.20. The van der Waals surface area contributed by atoms with Crippen LogP contribution in [0.3, 0.4) is 0 Å². The fourth-order valence-corrected chi connectivity index (χ4v) is 8.01. The Labute approximate surface area is 269 Å². The van der Waals surface area contributed by atoms with Gasteiger partial charge in [0.25, 0.3) is 5.91 Å². The van der Waals surface area contributed by atoms with Gasteiger partial charge in [-0.1, -0.05) is 60.7 Å². The molecule has 3 fully saturated rings. The smallest absolute Gasteiger partial charge is 0.411 e. The summed E-state index contributed by atoms with van der Waals surface area (Å²) in [5, 5.41) is 5.08. The number of hydrogen-bond donors (Lipinski definition) is 3. The van der Waals surface area contributed by atoms with Crippen molar-refractivity contribution >= 4 is 39.5 Å². The van der Waals surface area contributed by atoms with Crippen molar-refractivity contribution in [3.05, 3.63) is 66.7 Å². The third-order valence-corrected chi connectivity index (χ3v) is 11.3. The van der Waals surface area contributed by atoms with Crippen LogP contribution in [0.15, 0.2) is 66.7 Å². The number of sulfonamides is 1. The van der Waals surface area contributed by atoms with E-state index in [-0.39, 0.29) is 31.1 Å². The molecule has 244 valence electrons. The van der Waals surface area contributed by atoms with Gasteiger partial charge in [0.1, 0.15) is 11.6 Å². The molecule has 2 aromatic carbocycles. The lowest BCUT2D eigenvalue weighted by molar-refractivity contribution is -0.140. The zero-order valence-electron chi connectivity index (χ0n) is 25.8. The largest absolute Gasteiger partial charge is 0.446 e. The van der Waals surface area contributed by atoms with E-state index in [4.69, 9.17) is 4.74 Å². The van der Waals surface area contributed by atoms with Gasteiger partial charge in [-0.3, -0.25) is 24.4 Å². The molecule has 2 aromatic rings. The lowest BCUT2D eigenvalue weighted by Crippen LogP contribution is -2.54. The van der Waals surface area contributed by atoms with Gasteiger partial charge < -0.3 is 15.0 Å². The van der Waals surface area contributed by atoms with E-state index in [0.717, 1.165) is 30.4 Å². The molecule has 12 heteroatoms. The molecule has 3 saturated carbocycles. The molecule has 1 aliphatic heterocycles. The van der Waals surface area contributed by atoms with E-state index < -0.39 is 56.7 Å². The summed E-state index contributed by atoms with van der Waals surface area (Å²) in [6, 6.07) is 17.0. The van der Waals surface area contributed by atoms with Crippen LogP contribution in [0.5, 0.6) is 0 Å². The summed E-state index contributed by atoms with van der Waals surface area (Å²) in [7, 11) is -2.13. The monoisotopic (exact) mass is 648 g/mol. The van der Waals surface area contributed by atoms with Crippen molar-refractivity contribution in [3.8, 4) is 11.1 Å². The first-order valence-corrected chi connectivity index (χ1v) is 17.5. The minimum atomic E-state index is -3.83. The lowest BCUT2D eigenvalue weighted by atomic mass is 9.93. The highest BCUT2D eigenvalue weighted by molar-refractivity contribution is 7.91. The number of ether oxygens (including phenoxy) is 1. The van der Waals surface area contributed by atoms with E-state index in [2.05, 4.69) is 15.4 Å². The number of hydrogen-bond acceptors (Lipinski definition) is 7. The molecule has 0 spiro atoms. The topological polar surface area (TPSA) is 151 Å². The summed E-state index contributed by atoms with van der Waals surface area (Å²) in [5.41, 5.74) is 0.878. The number of carbonyl (C=O) groups excluding carboxylic acids is 4. The van der Waals surface area contributed by atoms with Gasteiger partial charge in [-0.2, -0.15) is 0 Å². The fourth-order valence-electron chi connectivity index (χ4n) is 6.64. The van der Waals surface area contributed by atoms with Crippen molar-refractivity contribution in [1.82, 2.24) is 14.9 Å². The number of rotatable bonds is 6. The molecule has 6 rings (SSSR count). The van der Waals surface area contributed by atoms with Gasteiger partial charge in [0.05, 0.1) is 22.8 Å². The Morgan fingerprint density at radius 2 is 1.70 bits per heavy atom. The van der Waals surface area contributed by atoms with Crippen LogP contribution in [0.25, 0.3) is 11.1 Å². The van der Waals surface area contributed by atoms with E-state index >= 15 is 0 Å². The first kappa shape index (κ1) is 31.8. The van der Waals surface area contributed by atoms with Crippen molar-refractivity contribution in [2.75, 3.05) is 18.9 Å². The molecule has 5 atom stereocenters. The highest BCUT2D eigenvalue weighted by Crippen LogP contribution is 2.47. The number of benzene rings is 2. The standard InChI is InChI=1S/C34H40N4O7S/c1-38-18-10-3-2-7-13-23-21-34(23,32(41)37-46(43,44)25-16-17-25)36-30(39)27-19-24(20-28(27)31(38)40)45-33(42)35-29-15-9-8-14-26(29)22-11-5-4-6-12-22/h4-9,11-15,23-25,27-28H,2-3,10,16-21H2,1H3,(H,35,42)(H,36,39)(H,37,41)/t23-,24-,27-,28-,34-/m1/s1. The Morgan fingerprint density at radius 1 is 0.978 bits per heavy atom. The number of amides is 4. The van der Waals surface area contributed by atoms with Gasteiger partial charge in [0.15, 0.2) is 0 Å². The number of fused-ring (bicyclic) bond motifs is 2. The van der Waals surface area contributed by atoms with Crippen LogP contribution in [-0.4, -0.2) is 67.6 Å². The van der Waals surface area contributed by atoms with E-state index in [0.29, 0.717) is 25.1 Å². The van der Waals surface area contributed by atoms with Crippen LogP contribution in [0.2, 0.25) is 0 Å². The predicted octanol–water partition coefficient (Wildman–Crippen LogP) is 3.98. The van der Waals surface area contributed by atoms with E-state index in [1.165, 1.54) is 0 Å². The van der Waals surface area contributed by atoms with Crippen LogP contribution in [0, 0.1) is 17.8 Å². The number of anilines is 1. The molecule has 0 bridgehead atoms. The third kappa shape index (κ3) is 6.81. The van der Waals surface area contributed by atoms with Crippen molar-refractivity contribution in [2.45, 2.75) is 68.3 Å². The van der Waals surface area contributed by atoms with E-state index in [9.17, 15) is 27.6 Å². The van der Waals surface area contributed by atoms with Gasteiger partial charge >= 0.3 is 6.09 Å². The molecule has 46 heavy (non-hydrogen) atoms. The van der Waals surface area contributed by atoms with E-state index in [1.807, 2.05) is 60.7 Å². The second-order valence-corrected chi connectivity index (χ2v) is 14.8. The SMILES string of the molecule is CN1CCCCC=C[C@@H]2C[C@@]2(C(=O)NS(=O)(=O)C2CC2)NC(=O)[C@@H]2C[C@@H](OC(=O)Nc3ccccc3-c3ccccc3)C[C@H]2C1=O. The summed E-state index contributed by atoms with van der Waals surface area (Å²) < 4.78 is 33.3. The summed E-state index contributed by atoms with van der Waals surface area (Å²) >= 11 is 0. The quantitative estimate of drug-likeness (QED) is 0.401. The summed E-state index contributed by atoms with van der Waals surface area (Å²) in [5.74, 6) is -3.52. The van der Waals surface area contributed by atoms with Gasteiger partial charge in [-0.05, 0) is 63.0 Å². The van der Waals surface area contributed by atoms with Crippen LogP contribution < -0.4 is 15.4 Å². The van der Waals surface area contributed by atoms with Crippen molar-refractivity contribution in [1.29, 1.82) is 0 Å². The molecule has 0 saturated heterocycles. The number of para-hydroxylation sites is 1. The molecular weight excluding hydrogens is 608 g/mol. The van der Waals surface area contributed by atoms with Crippen molar-refractivity contribution in [2.24, 2.45) is 17.8 Å². The van der Waals surface area contributed by atoms with Gasteiger partial charge in [-0.15, -0.1) is 0 Å². The molecule has 4 amide bonds. The third-order valence-electron chi connectivity index (χ3n) is 9.52. The highest BCUT2D eigenvalue weighted by atomic mass is 32.2. The molecule has 4 aliphatic rings. The first-order valence-electron chi connectivity index (χ1n) is 16.0. The van der Waals surface area contributed by atoms with Crippen molar-refractivity contribution in [3.63, 3.8) is 0 Å². The Hall–Kier alpha value is -4.19. The van der Waals surface area contributed by atoms with Crippen molar-refractivity contribution < 1.29 is 32.3 Å². The molecule has 1 heterocycles. The average molecular weight is 649 g/mol. The Bertz CT molecular complexity index is 1640. The average Bonchev–Trinajstić information content (AvgIpc) is 3.96. The lowest BCUT2D eigenvalue weighted by Gasteiger charge is -2.26. The van der Waals surface area contributed by atoms with Crippen LogP contribution in [-0.2, 0) is 29.1 Å². The zero-order valence-corrected chi connectivity index (χ0v) is 26.6. The number of carbonyl (C=O) groups is 4. The van der Waals surface area contributed by atoms with Crippen LogP contribution >= 0.6 is 0 Å². The highest BCUT2D eigenvalue weighted by Gasteiger charge is 2.62. The maximum absolute atomic E-state index is 13.9. The minimum Gasteiger partial charge on any atom is -0.446 e. The van der Waals surface area contributed by atoms with Gasteiger partial charge in [0.2, 0.25) is 21.8 Å². The second kappa shape index (κ2) is 12.9. The molecule has 0 aromatic heterocycles. The zero-order chi connectivity index (χ0) is 32.5. The maximum Gasteiger partial charge on any atom is 0.411 e. The summed E-state index contributed by atoms with van der Waals surface area (Å²) in [4.78, 5) is 55.8. The predicted molar refractivity (Wildman–Crippen MR) is 172 cm³/mol. The van der Waals surface area contributed by atoms with Gasteiger partial charge in [0, 0.05) is 25.1 Å². The molecule has 3 aliphatic carbocycles. The summed E-state index contributed by atoms with van der Waals surface area (Å²) in [6.45, 7) is 0.522. The molecule has 11 nitrogen and oxygen atoms in total. The molecule has 0 radical (unpaired) electrons.